The third kappa shape index (κ3) is 5.81. The van der Waals surface area contributed by atoms with Gasteiger partial charge < -0.3 is 4.90 Å². The maximum atomic E-state index is 11.5. The molecule has 1 fully saturated rings. The van der Waals surface area contributed by atoms with Gasteiger partial charge in [0.05, 0.1) is 11.1 Å². The molecule has 0 bridgehead atoms. The van der Waals surface area contributed by atoms with Crippen molar-refractivity contribution in [1.29, 1.82) is 0 Å². The van der Waals surface area contributed by atoms with Crippen LogP contribution in [0.3, 0.4) is 0 Å². The van der Waals surface area contributed by atoms with Crippen molar-refractivity contribution in [1.82, 2.24) is 9.80 Å². The van der Waals surface area contributed by atoms with E-state index in [-0.39, 0.29) is 11.8 Å². The summed E-state index contributed by atoms with van der Waals surface area (Å²) in [6.07, 6.45) is 10.9. The molecule has 0 N–H and O–H groups in total. The highest BCUT2D eigenvalue weighted by Crippen LogP contribution is 2.21. The molecule has 0 spiro atoms. The van der Waals surface area contributed by atoms with Crippen LogP contribution in [0.2, 0.25) is 0 Å². The normalized spacial score (nSPS) is 16.9. The fourth-order valence-corrected chi connectivity index (χ4v) is 4.19. The Morgan fingerprint density at radius 1 is 0.774 bits per heavy atom. The van der Waals surface area contributed by atoms with Crippen LogP contribution in [0.15, 0.2) is 48.5 Å². The van der Waals surface area contributed by atoms with E-state index in [9.17, 15) is 14.4 Å². The Bertz CT molecular complexity index is 859. The summed E-state index contributed by atoms with van der Waals surface area (Å²) >= 11 is 0. The Hall–Kier alpha value is -2.95. The quantitative estimate of drug-likeness (QED) is 0.516. The van der Waals surface area contributed by atoms with Gasteiger partial charge in [0.1, 0.15) is 0 Å². The summed E-state index contributed by atoms with van der Waals surface area (Å²) in [6, 6.07) is 15.2. The van der Waals surface area contributed by atoms with Crippen LogP contribution < -0.4 is 0 Å². The summed E-state index contributed by atoms with van der Waals surface area (Å²) in [4.78, 5) is 36.6. The Labute approximate surface area is 185 Å². The Kier molecular flexibility index (Phi) is 8.39. The number of hydrogen-bond donors (Lipinski definition) is 0. The standard InChI is InChI=1S/C10H9NO2.C10H11NO.C6H12/c1-2-11-9(12)7-5-3-4-6-8(7)10(11)13;12-8-11-6-5-9-3-1-2-4-10(9)7-11;1-2-4-6-5-3-1/h3-6H,2H2,1H3;1-4,8H,5-7H2;1-6H2. The van der Waals surface area contributed by atoms with Gasteiger partial charge in [0.25, 0.3) is 11.8 Å². The molecule has 2 aromatic rings. The van der Waals surface area contributed by atoms with Crippen molar-refractivity contribution in [3.63, 3.8) is 0 Å². The number of carbonyl (C=O) groups excluding carboxylic acids is 3. The van der Waals surface area contributed by atoms with Crippen LogP contribution in [-0.2, 0) is 17.8 Å². The van der Waals surface area contributed by atoms with Gasteiger partial charge in [-0.25, -0.2) is 0 Å². The maximum Gasteiger partial charge on any atom is 0.261 e. The molecule has 3 amide bonds. The molecule has 2 aromatic carbocycles. The second kappa shape index (κ2) is 11.4. The third-order valence-corrected chi connectivity index (χ3v) is 6.00. The van der Waals surface area contributed by atoms with Gasteiger partial charge in [0, 0.05) is 19.6 Å². The molecular formula is C26H32N2O3. The number of nitrogens with zero attached hydrogens (tertiary/aromatic N) is 2. The van der Waals surface area contributed by atoms with Gasteiger partial charge in [-0.15, -0.1) is 0 Å². The van der Waals surface area contributed by atoms with E-state index in [4.69, 9.17) is 0 Å². The summed E-state index contributed by atoms with van der Waals surface area (Å²) in [5, 5.41) is 0. The minimum atomic E-state index is -0.178. The summed E-state index contributed by atoms with van der Waals surface area (Å²) in [7, 11) is 0. The smallest absolute Gasteiger partial charge is 0.261 e. The SMILES string of the molecule is C1CCCCC1.CCN1C(=O)c2ccccc2C1=O.O=CN1CCc2ccccc2C1. The van der Waals surface area contributed by atoms with E-state index in [1.54, 1.807) is 31.2 Å². The number of fused-ring (bicyclic) bond motifs is 2. The lowest BCUT2D eigenvalue weighted by atomic mass is 10.0. The second-order valence-corrected chi connectivity index (χ2v) is 8.12. The van der Waals surface area contributed by atoms with Gasteiger partial charge in [-0.05, 0) is 36.6 Å². The van der Waals surface area contributed by atoms with Crippen LogP contribution in [-0.4, -0.2) is 41.1 Å². The molecule has 0 aromatic heterocycles. The molecule has 0 radical (unpaired) electrons. The van der Waals surface area contributed by atoms with Crippen molar-refractivity contribution in [2.75, 3.05) is 13.1 Å². The first kappa shape index (κ1) is 22.7. The maximum absolute atomic E-state index is 11.5. The van der Waals surface area contributed by atoms with Crippen LogP contribution in [0, 0.1) is 0 Å². The lowest BCUT2D eigenvalue weighted by molar-refractivity contribution is -0.118. The molecule has 5 heteroatoms. The van der Waals surface area contributed by atoms with Crippen molar-refractivity contribution >= 4 is 18.2 Å². The highest BCUT2D eigenvalue weighted by Gasteiger charge is 2.33. The molecule has 164 valence electrons. The molecule has 1 saturated carbocycles. The zero-order valence-corrected chi connectivity index (χ0v) is 18.4. The monoisotopic (exact) mass is 420 g/mol. The molecule has 1 aliphatic carbocycles. The molecule has 5 nitrogen and oxygen atoms in total. The number of imide groups is 1. The van der Waals surface area contributed by atoms with Crippen molar-refractivity contribution < 1.29 is 14.4 Å². The molecule has 2 heterocycles. The van der Waals surface area contributed by atoms with E-state index >= 15 is 0 Å². The van der Waals surface area contributed by atoms with E-state index in [0.717, 1.165) is 25.9 Å². The van der Waals surface area contributed by atoms with Gasteiger partial charge in [-0.2, -0.15) is 0 Å². The first-order valence-electron chi connectivity index (χ1n) is 11.4. The first-order chi connectivity index (χ1) is 15.2. The summed E-state index contributed by atoms with van der Waals surface area (Å²) in [6.45, 7) is 3.87. The fourth-order valence-electron chi connectivity index (χ4n) is 4.19. The molecule has 0 atom stereocenters. The fraction of sp³-hybridized carbons (Fsp3) is 0.423. The highest BCUT2D eigenvalue weighted by molar-refractivity contribution is 6.21. The molecule has 0 unspecified atom stereocenters. The van der Waals surface area contributed by atoms with E-state index in [1.807, 2.05) is 11.0 Å². The van der Waals surface area contributed by atoms with E-state index in [2.05, 4.69) is 18.2 Å². The van der Waals surface area contributed by atoms with Crippen LogP contribution in [0.5, 0.6) is 0 Å². The predicted octanol–water partition coefficient (Wildman–Crippen LogP) is 4.84. The van der Waals surface area contributed by atoms with Crippen LogP contribution >= 0.6 is 0 Å². The molecule has 31 heavy (non-hydrogen) atoms. The Morgan fingerprint density at radius 3 is 1.74 bits per heavy atom. The van der Waals surface area contributed by atoms with E-state index < -0.39 is 0 Å². The number of benzene rings is 2. The van der Waals surface area contributed by atoms with Gasteiger partial charge in [0.2, 0.25) is 6.41 Å². The molecule has 0 saturated heterocycles. The lowest BCUT2D eigenvalue weighted by Crippen LogP contribution is -2.29. The largest absolute Gasteiger partial charge is 0.341 e. The molecule has 5 rings (SSSR count). The number of carbonyl (C=O) groups is 3. The first-order valence-corrected chi connectivity index (χ1v) is 11.4. The second-order valence-electron chi connectivity index (χ2n) is 8.12. The van der Waals surface area contributed by atoms with Crippen molar-refractivity contribution in [2.45, 2.75) is 58.4 Å². The molecule has 2 aliphatic heterocycles. The Balaban J connectivity index is 0.000000140. The summed E-state index contributed by atoms with van der Waals surface area (Å²) in [5.74, 6) is -0.355. The van der Waals surface area contributed by atoms with Gasteiger partial charge in [-0.1, -0.05) is 74.9 Å². The van der Waals surface area contributed by atoms with Gasteiger partial charge >= 0.3 is 0 Å². The van der Waals surface area contributed by atoms with Gasteiger partial charge in [-0.3, -0.25) is 19.3 Å². The molecule has 3 aliphatic rings. The van der Waals surface area contributed by atoms with Crippen molar-refractivity contribution in [3.8, 4) is 0 Å². The number of hydrogen-bond acceptors (Lipinski definition) is 3. The van der Waals surface area contributed by atoms with Crippen molar-refractivity contribution in [3.05, 3.63) is 70.8 Å². The topological polar surface area (TPSA) is 57.7 Å². The highest BCUT2D eigenvalue weighted by atomic mass is 16.2. The van der Waals surface area contributed by atoms with Crippen LogP contribution in [0.1, 0.15) is 77.3 Å². The minimum absolute atomic E-state index is 0.178. The third-order valence-electron chi connectivity index (χ3n) is 6.00. The van der Waals surface area contributed by atoms with Crippen LogP contribution in [0.4, 0.5) is 0 Å². The number of amides is 3. The minimum Gasteiger partial charge on any atom is -0.341 e. The predicted molar refractivity (Wildman–Crippen MR) is 122 cm³/mol. The van der Waals surface area contributed by atoms with Crippen LogP contribution in [0.25, 0.3) is 0 Å². The van der Waals surface area contributed by atoms with Crippen molar-refractivity contribution in [2.24, 2.45) is 0 Å². The summed E-state index contributed by atoms with van der Waals surface area (Å²) < 4.78 is 0. The molecular weight excluding hydrogens is 388 g/mol. The number of rotatable bonds is 2. The summed E-state index contributed by atoms with van der Waals surface area (Å²) in [5.41, 5.74) is 3.72. The van der Waals surface area contributed by atoms with E-state index in [0.29, 0.717) is 17.7 Å². The Morgan fingerprint density at radius 2 is 1.26 bits per heavy atom. The lowest BCUT2D eigenvalue weighted by Gasteiger charge is -2.24. The van der Waals surface area contributed by atoms with Gasteiger partial charge in [0.15, 0.2) is 0 Å². The average Bonchev–Trinajstić information content (AvgIpc) is 3.10. The van der Waals surface area contributed by atoms with E-state index in [1.165, 1.54) is 54.6 Å². The zero-order chi connectivity index (χ0) is 22.1. The average molecular weight is 421 g/mol. The zero-order valence-electron chi connectivity index (χ0n) is 18.4.